The van der Waals surface area contributed by atoms with Crippen LogP contribution in [0.15, 0.2) is 41.3 Å². The number of nitrogens with zero attached hydrogens (tertiary/aromatic N) is 3. The topological polar surface area (TPSA) is 93.9 Å². The molecule has 1 aromatic heterocycles. The van der Waals surface area contributed by atoms with E-state index in [1.807, 2.05) is 0 Å². The number of nitrogens with one attached hydrogen (secondary N) is 1. The van der Waals surface area contributed by atoms with Crippen molar-refractivity contribution in [2.45, 2.75) is 11.8 Å². The molecule has 2 aromatic carbocycles. The molecule has 146 valence electrons. The number of hydrogen-bond acceptors (Lipinski definition) is 5. The maximum absolute atomic E-state index is 13.7. The summed E-state index contributed by atoms with van der Waals surface area (Å²) in [4.78, 5) is 11.4. The van der Waals surface area contributed by atoms with Gasteiger partial charge in [0, 0.05) is 6.07 Å². The molecular formula is C16H10ClF3N4O3S. The lowest BCUT2D eigenvalue weighted by molar-refractivity contribution is 0.0976. The third-order valence-corrected chi connectivity index (χ3v) is 5.33. The molecule has 0 saturated heterocycles. The van der Waals surface area contributed by atoms with Gasteiger partial charge in [0.15, 0.2) is 5.69 Å². The van der Waals surface area contributed by atoms with Crippen LogP contribution in [0, 0.1) is 24.4 Å². The number of amides is 1. The van der Waals surface area contributed by atoms with Crippen LogP contribution in [-0.2, 0) is 10.0 Å². The van der Waals surface area contributed by atoms with Crippen molar-refractivity contribution in [3.63, 3.8) is 0 Å². The normalized spacial score (nSPS) is 11.5. The number of benzene rings is 2. The van der Waals surface area contributed by atoms with Crippen LogP contribution in [0.5, 0.6) is 0 Å². The van der Waals surface area contributed by atoms with Crippen LogP contribution in [0.25, 0.3) is 5.69 Å². The molecular weight excluding hydrogens is 421 g/mol. The number of aromatic nitrogens is 3. The highest BCUT2D eigenvalue weighted by Gasteiger charge is 2.26. The van der Waals surface area contributed by atoms with Gasteiger partial charge < -0.3 is 0 Å². The van der Waals surface area contributed by atoms with Crippen LogP contribution >= 0.6 is 11.6 Å². The SMILES string of the molecule is Cc1c(C(=O)NS(=O)(=O)c2ccc(F)cc2F)nnn1-c1ccc(F)cc1Cl. The monoisotopic (exact) mass is 430 g/mol. The first-order chi connectivity index (χ1) is 13.1. The van der Waals surface area contributed by atoms with Gasteiger partial charge in [0.1, 0.15) is 22.3 Å². The molecule has 3 rings (SSSR count). The van der Waals surface area contributed by atoms with Gasteiger partial charge in [-0.15, -0.1) is 5.10 Å². The van der Waals surface area contributed by atoms with Crippen molar-refractivity contribution in [3.05, 3.63) is 70.3 Å². The van der Waals surface area contributed by atoms with Gasteiger partial charge in [-0.3, -0.25) is 4.79 Å². The largest absolute Gasteiger partial charge is 0.287 e. The third-order valence-electron chi connectivity index (χ3n) is 3.66. The van der Waals surface area contributed by atoms with Crippen LogP contribution in [0.4, 0.5) is 13.2 Å². The maximum atomic E-state index is 13.7. The fraction of sp³-hybridized carbons (Fsp3) is 0.0625. The lowest BCUT2D eigenvalue weighted by Crippen LogP contribution is -2.32. The standard InChI is InChI=1S/C16H10ClF3N4O3S/c1-8-15(21-23-24(8)13-4-2-9(18)6-11(13)17)16(25)22-28(26,27)14-5-3-10(19)7-12(14)20/h2-7H,1H3,(H,22,25). The summed E-state index contributed by atoms with van der Waals surface area (Å²) in [5.41, 5.74) is -0.0770. The van der Waals surface area contributed by atoms with E-state index in [4.69, 9.17) is 11.6 Å². The van der Waals surface area contributed by atoms with Crippen molar-refractivity contribution in [1.29, 1.82) is 0 Å². The second-order valence-corrected chi connectivity index (χ2v) is 7.60. The summed E-state index contributed by atoms with van der Waals surface area (Å²) in [6, 6.07) is 5.23. The molecule has 1 N–H and O–H groups in total. The fourth-order valence-electron chi connectivity index (χ4n) is 2.34. The number of rotatable bonds is 4. The van der Waals surface area contributed by atoms with E-state index in [1.165, 1.54) is 13.0 Å². The Hall–Kier alpha value is -2.92. The Balaban J connectivity index is 1.92. The third kappa shape index (κ3) is 3.71. The van der Waals surface area contributed by atoms with E-state index in [9.17, 15) is 26.4 Å². The van der Waals surface area contributed by atoms with Crippen molar-refractivity contribution in [1.82, 2.24) is 19.7 Å². The van der Waals surface area contributed by atoms with E-state index in [0.717, 1.165) is 22.9 Å². The molecule has 0 aliphatic rings. The molecule has 0 radical (unpaired) electrons. The highest BCUT2D eigenvalue weighted by atomic mass is 35.5. The van der Waals surface area contributed by atoms with Gasteiger partial charge in [-0.25, -0.2) is 31.0 Å². The van der Waals surface area contributed by atoms with Gasteiger partial charge in [0.25, 0.3) is 15.9 Å². The molecule has 1 amide bonds. The Labute approximate surface area is 161 Å². The molecule has 0 atom stereocenters. The van der Waals surface area contributed by atoms with Gasteiger partial charge in [0.05, 0.1) is 16.4 Å². The smallest absolute Gasteiger partial charge is 0.266 e. The van der Waals surface area contributed by atoms with Gasteiger partial charge in [-0.1, -0.05) is 16.8 Å². The summed E-state index contributed by atoms with van der Waals surface area (Å²) >= 11 is 5.94. The molecule has 1 heterocycles. The minimum absolute atomic E-state index is 0.0130. The Kier molecular flexibility index (Phi) is 5.13. The maximum Gasteiger partial charge on any atom is 0.287 e. The first kappa shape index (κ1) is 19.8. The summed E-state index contributed by atoms with van der Waals surface area (Å²) < 4.78 is 67.1. The molecule has 0 aliphatic heterocycles. The summed E-state index contributed by atoms with van der Waals surface area (Å²) in [7, 11) is -4.63. The number of carbonyl (C=O) groups excluding carboxylic acids is 1. The summed E-state index contributed by atoms with van der Waals surface area (Å²) in [6.45, 7) is 1.40. The molecule has 0 spiro atoms. The molecule has 0 aliphatic carbocycles. The molecule has 7 nitrogen and oxygen atoms in total. The van der Waals surface area contributed by atoms with Gasteiger partial charge in [-0.05, 0) is 37.3 Å². The Bertz CT molecular complexity index is 1200. The van der Waals surface area contributed by atoms with Gasteiger partial charge in [-0.2, -0.15) is 0 Å². The van der Waals surface area contributed by atoms with Crippen molar-refractivity contribution < 1.29 is 26.4 Å². The number of hydrogen-bond donors (Lipinski definition) is 1. The van der Waals surface area contributed by atoms with Gasteiger partial charge >= 0.3 is 0 Å². The van der Waals surface area contributed by atoms with Crippen molar-refractivity contribution in [2.75, 3.05) is 0 Å². The summed E-state index contributed by atoms with van der Waals surface area (Å²) in [6.07, 6.45) is 0. The zero-order chi connectivity index (χ0) is 20.6. The summed E-state index contributed by atoms with van der Waals surface area (Å²) in [5, 5.41) is 7.30. The predicted octanol–water partition coefficient (Wildman–Crippen LogP) is 2.77. The van der Waals surface area contributed by atoms with Crippen LogP contribution < -0.4 is 4.72 Å². The molecule has 3 aromatic rings. The van der Waals surface area contributed by atoms with Crippen LogP contribution in [0.1, 0.15) is 16.2 Å². The Morgan fingerprint density at radius 2 is 1.75 bits per heavy atom. The molecule has 0 saturated carbocycles. The van der Waals surface area contributed by atoms with Crippen LogP contribution in [0.2, 0.25) is 5.02 Å². The van der Waals surface area contributed by atoms with E-state index in [0.29, 0.717) is 12.1 Å². The van der Waals surface area contributed by atoms with E-state index in [-0.39, 0.29) is 22.1 Å². The van der Waals surface area contributed by atoms with Crippen molar-refractivity contribution >= 4 is 27.5 Å². The minimum Gasteiger partial charge on any atom is -0.266 e. The first-order valence-electron chi connectivity index (χ1n) is 7.50. The van der Waals surface area contributed by atoms with Gasteiger partial charge in [0.2, 0.25) is 0 Å². The lowest BCUT2D eigenvalue weighted by atomic mass is 10.3. The highest BCUT2D eigenvalue weighted by Crippen LogP contribution is 2.23. The molecule has 0 unspecified atom stereocenters. The predicted molar refractivity (Wildman–Crippen MR) is 92.1 cm³/mol. The van der Waals surface area contributed by atoms with E-state index >= 15 is 0 Å². The highest BCUT2D eigenvalue weighted by molar-refractivity contribution is 7.90. The van der Waals surface area contributed by atoms with Crippen molar-refractivity contribution in [2.24, 2.45) is 0 Å². The quantitative estimate of drug-likeness (QED) is 0.687. The zero-order valence-corrected chi connectivity index (χ0v) is 15.5. The number of halogens is 4. The second kappa shape index (κ2) is 7.24. The zero-order valence-electron chi connectivity index (χ0n) is 14.0. The van der Waals surface area contributed by atoms with E-state index in [1.54, 1.807) is 4.72 Å². The number of sulfonamides is 1. The minimum atomic E-state index is -4.63. The first-order valence-corrected chi connectivity index (χ1v) is 9.36. The van der Waals surface area contributed by atoms with E-state index in [2.05, 4.69) is 10.3 Å². The van der Waals surface area contributed by atoms with Crippen LogP contribution in [0.3, 0.4) is 0 Å². The average Bonchev–Trinajstić information content (AvgIpc) is 2.95. The molecule has 12 heteroatoms. The lowest BCUT2D eigenvalue weighted by Gasteiger charge is -2.08. The number of carbonyl (C=O) groups is 1. The Morgan fingerprint density at radius 1 is 1.11 bits per heavy atom. The second-order valence-electron chi connectivity index (χ2n) is 5.54. The van der Waals surface area contributed by atoms with Crippen LogP contribution in [-0.4, -0.2) is 29.3 Å². The van der Waals surface area contributed by atoms with Crippen molar-refractivity contribution in [3.8, 4) is 5.69 Å². The molecule has 0 bridgehead atoms. The Morgan fingerprint density at radius 3 is 2.39 bits per heavy atom. The summed E-state index contributed by atoms with van der Waals surface area (Å²) in [5.74, 6) is -4.11. The fourth-order valence-corrected chi connectivity index (χ4v) is 3.60. The van der Waals surface area contributed by atoms with E-state index < -0.39 is 38.3 Å². The molecule has 28 heavy (non-hydrogen) atoms. The average molecular weight is 431 g/mol. The molecule has 0 fully saturated rings.